The van der Waals surface area contributed by atoms with E-state index in [1.807, 2.05) is 58.0 Å². The van der Waals surface area contributed by atoms with Gasteiger partial charge in [0.25, 0.3) is 0 Å². The highest BCUT2D eigenvalue weighted by atomic mass is 16.5. The van der Waals surface area contributed by atoms with Gasteiger partial charge in [0.1, 0.15) is 18.1 Å². The van der Waals surface area contributed by atoms with Crippen LogP contribution in [0.15, 0.2) is 65.6 Å². The molecule has 0 bridgehead atoms. The Kier molecular flexibility index (Phi) is 11.1. The topological polar surface area (TPSA) is 64.4 Å². The Hall–Kier alpha value is -2.92. The fraction of sp³-hybridized carbons (Fsp3) is 0.333. The van der Waals surface area contributed by atoms with Crippen LogP contribution in [-0.2, 0) is 16.1 Å². The number of nitrogens with zero attached hydrogens (tertiary/aromatic N) is 1. The van der Waals surface area contributed by atoms with Crippen molar-refractivity contribution in [2.75, 3.05) is 13.2 Å². The number of benzene rings is 1. The van der Waals surface area contributed by atoms with E-state index >= 15 is 0 Å². The highest BCUT2D eigenvalue weighted by Crippen LogP contribution is 2.22. The van der Waals surface area contributed by atoms with Crippen molar-refractivity contribution in [1.29, 1.82) is 0 Å². The number of hydrogen-bond donors (Lipinski definition) is 1. The fourth-order valence-electron chi connectivity index (χ4n) is 2.42. The molecule has 0 aliphatic heterocycles. The summed E-state index contributed by atoms with van der Waals surface area (Å²) in [5, 5.41) is 2.81. The van der Waals surface area contributed by atoms with E-state index in [9.17, 15) is 4.79 Å². The highest BCUT2D eigenvalue weighted by Gasteiger charge is 2.12. The average molecular weight is 397 g/mol. The molecule has 0 radical (unpaired) electrons. The molecule has 5 heteroatoms. The highest BCUT2D eigenvalue weighted by molar-refractivity contribution is 5.77. The fourth-order valence-corrected chi connectivity index (χ4v) is 2.42. The molecular formula is C24H32N2O3. The zero-order valence-electron chi connectivity index (χ0n) is 18.0. The second kappa shape index (κ2) is 13.3. The lowest BCUT2D eigenvalue weighted by Gasteiger charge is -2.06. The minimum atomic E-state index is -0.170. The summed E-state index contributed by atoms with van der Waals surface area (Å²) in [7, 11) is 0. The third-order valence-electron chi connectivity index (χ3n) is 3.99. The van der Waals surface area contributed by atoms with Gasteiger partial charge in [0.15, 0.2) is 0 Å². The van der Waals surface area contributed by atoms with E-state index in [4.69, 9.17) is 9.15 Å². The Balaban J connectivity index is 0.00000204. The second-order valence-electron chi connectivity index (χ2n) is 6.16. The molecule has 2 aromatic rings. The Morgan fingerprint density at radius 1 is 1.21 bits per heavy atom. The van der Waals surface area contributed by atoms with E-state index in [-0.39, 0.29) is 19.1 Å². The zero-order chi connectivity index (χ0) is 21.6. The third kappa shape index (κ3) is 8.32. The van der Waals surface area contributed by atoms with Crippen molar-refractivity contribution >= 4 is 5.91 Å². The smallest absolute Gasteiger partial charge is 0.246 e. The van der Waals surface area contributed by atoms with Crippen molar-refractivity contribution in [1.82, 2.24) is 10.3 Å². The number of carbonyl (C=O) groups is 1. The molecule has 0 spiro atoms. The summed E-state index contributed by atoms with van der Waals surface area (Å²) in [6, 6.07) is 7.96. The van der Waals surface area contributed by atoms with E-state index < -0.39 is 0 Å². The van der Waals surface area contributed by atoms with Gasteiger partial charge in [-0.15, -0.1) is 0 Å². The number of hydrogen-bond acceptors (Lipinski definition) is 4. The molecule has 29 heavy (non-hydrogen) atoms. The number of ether oxygens (including phenoxy) is 1. The lowest BCUT2D eigenvalue weighted by Crippen LogP contribution is -2.28. The first-order chi connectivity index (χ1) is 14.0. The SMILES string of the molecule is C=C/C=C(\C=C)CCNC(=O)COCc1nc(-c2ccc(C)cc2)oc1C.CC. The number of rotatable bonds is 10. The van der Waals surface area contributed by atoms with E-state index in [1.54, 1.807) is 12.2 Å². The molecule has 2 rings (SSSR count). The van der Waals surface area contributed by atoms with Crippen LogP contribution in [-0.4, -0.2) is 24.0 Å². The standard InChI is InChI=1S/C22H26N2O3.C2H6/c1-5-7-18(6-2)12-13-23-21(25)15-26-14-20-17(4)27-22(24-20)19-10-8-16(3)9-11-19;1-2/h5-11H,1-2,12-15H2,3-4H3,(H,23,25);1-2H3/b18-7+;. The molecule has 5 nitrogen and oxygen atoms in total. The van der Waals surface area contributed by atoms with Gasteiger partial charge in [-0.2, -0.15) is 0 Å². The van der Waals surface area contributed by atoms with Crippen LogP contribution in [0, 0.1) is 13.8 Å². The van der Waals surface area contributed by atoms with Gasteiger partial charge in [0.2, 0.25) is 11.8 Å². The minimum absolute atomic E-state index is 0.0270. The molecule has 0 fully saturated rings. The van der Waals surface area contributed by atoms with Crippen LogP contribution < -0.4 is 5.32 Å². The van der Waals surface area contributed by atoms with Crippen LogP contribution in [0.25, 0.3) is 11.5 Å². The molecular weight excluding hydrogens is 364 g/mol. The molecule has 1 aromatic heterocycles. The molecule has 0 atom stereocenters. The average Bonchev–Trinajstić information content (AvgIpc) is 3.10. The van der Waals surface area contributed by atoms with Crippen LogP contribution in [0.5, 0.6) is 0 Å². The van der Waals surface area contributed by atoms with Gasteiger partial charge in [-0.05, 0) is 38.0 Å². The van der Waals surface area contributed by atoms with Crippen molar-refractivity contribution < 1.29 is 13.9 Å². The first kappa shape index (κ1) is 24.1. The third-order valence-corrected chi connectivity index (χ3v) is 3.99. The zero-order valence-corrected chi connectivity index (χ0v) is 18.0. The van der Waals surface area contributed by atoms with Crippen LogP contribution in [0.4, 0.5) is 0 Å². The number of aryl methyl sites for hydroxylation is 2. The number of nitrogens with one attached hydrogen (secondary N) is 1. The maximum absolute atomic E-state index is 11.9. The quantitative estimate of drug-likeness (QED) is 0.553. The molecule has 156 valence electrons. The number of carbonyl (C=O) groups excluding carboxylic acids is 1. The maximum Gasteiger partial charge on any atom is 0.246 e. The summed E-state index contributed by atoms with van der Waals surface area (Å²) in [6.07, 6.45) is 6.02. The van der Waals surface area contributed by atoms with Crippen molar-refractivity contribution in [2.24, 2.45) is 0 Å². The summed E-state index contributed by atoms with van der Waals surface area (Å²) in [5.74, 6) is 1.08. The lowest BCUT2D eigenvalue weighted by atomic mass is 10.1. The molecule has 1 amide bonds. The largest absolute Gasteiger partial charge is 0.441 e. The Morgan fingerprint density at radius 2 is 1.90 bits per heavy atom. The Bertz CT molecular complexity index is 817. The maximum atomic E-state index is 11.9. The van der Waals surface area contributed by atoms with E-state index in [2.05, 4.69) is 23.5 Å². The first-order valence-electron chi connectivity index (χ1n) is 9.85. The lowest BCUT2D eigenvalue weighted by molar-refractivity contribution is -0.126. The molecule has 0 saturated heterocycles. The predicted molar refractivity (Wildman–Crippen MR) is 119 cm³/mol. The van der Waals surface area contributed by atoms with Gasteiger partial charge in [0.05, 0.1) is 6.61 Å². The summed E-state index contributed by atoms with van der Waals surface area (Å²) >= 11 is 0. The van der Waals surface area contributed by atoms with Crippen molar-refractivity contribution in [3.8, 4) is 11.5 Å². The summed E-state index contributed by atoms with van der Waals surface area (Å²) in [5.41, 5.74) is 3.81. The summed E-state index contributed by atoms with van der Waals surface area (Å²) in [4.78, 5) is 16.3. The van der Waals surface area contributed by atoms with Gasteiger partial charge in [-0.3, -0.25) is 4.79 Å². The van der Waals surface area contributed by atoms with Gasteiger partial charge < -0.3 is 14.5 Å². The number of aromatic nitrogens is 1. The predicted octanol–water partition coefficient (Wildman–Crippen LogP) is 5.31. The molecule has 0 unspecified atom stereocenters. The minimum Gasteiger partial charge on any atom is -0.441 e. The van der Waals surface area contributed by atoms with Gasteiger partial charge in [-0.1, -0.05) is 62.9 Å². The van der Waals surface area contributed by atoms with E-state index in [1.165, 1.54) is 5.56 Å². The Labute approximate surface area is 174 Å². The number of allylic oxidation sites excluding steroid dienone is 3. The van der Waals surface area contributed by atoms with Crippen molar-refractivity contribution in [2.45, 2.75) is 40.7 Å². The second-order valence-corrected chi connectivity index (χ2v) is 6.16. The molecule has 0 aliphatic carbocycles. The van der Waals surface area contributed by atoms with Crippen LogP contribution >= 0.6 is 0 Å². The number of amides is 1. The molecule has 0 aliphatic rings. The van der Waals surface area contributed by atoms with Gasteiger partial charge in [-0.25, -0.2) is 4.98 Å². The monoisotopic (exact) mass is 396 g/mol. The number of oxazole rings is 1. The first-order valence-corrected chi connectivity index (χ1v) is 9.85. The van der Waals surface area contributed by atoms with E-state index in [0.717, 1.165) is 11.1 Å². The normalized spacial score (nSPS) is 10.7. The molecule has 1 aromatic carbocycles. The summed E-state index contributed by atoms with van der Waals surface area (Å²) in [6.45, 7) is 16.0. The molecule has 1 N–H and O–H groups in total. The Morgan fingerprint density at radius 3 is 2.52 bits per heavy atom. The van der Waals surface area contributed by atoms with Crippen LogP contribution in [0.2, 0.25) is 0 Å². The van der Waals surface area contributed by atoms with E-state index in [0.29, 0.717) is 30.3 Å². The van der Waals surface area contributed by atoms with Gasteiger partial charge >= 0.3 is 0 Å². The summed E-state index contributed by atoms with van der Waals surface area (Å²) < 4.78 is 11.2. The molecule has 1 heterocycles. The van der Waals surface area contributed by atoms with Crippen LogP contribution in [0.1, 0.15) is 37.3 Å². The van der Waals surface area contributed by atoms with Crippen molar-refractivity contribution in [3.05, 3.63) is 78.2 Å². The molecule has 0 saturated carbocycles. The van der Waals surface area contributed by atoms with Gasteiger partial charge in [0, 0.05) is 12.1 Å². The van der Waals surface area contributed by atoms with Crippen molar-refractivity contribution in [3.63, 3.8) is 0 Å². The van der Waals surface area contributed by atoms with Crippen LogP contribution in [0.3, 0.4) is 0 Å².